The molecule has 2 rings (SSSR count). The van der Waals surface area contributed by atoms with Crippen LogP contribution in [0.1, 0.15) is 12.5 Å². The number of nitrogens with zero attached hydrogens (tertiary/aromatic N) is 1. The molecule has 1 fully saturated rings. The van der Waals surface area contributed by atoms with Crippen LogP contribution in [0.25, 0.3) is 0 Å². The molecule has 0 aliphatic carbocycles. The first kappa shape index (κ1) is 13.3. The number of likely N-dealkylation sites (N-methyl/N-ethyl adjacent to an activating group) is 1. The molecule has 18 heavy (non-hydrogen) atoms. The number of nitrogens with one attached hydrogen (secondary N) is 2. The van der Waals surface area contributed by atoms with E-state index in [1.165, 1.54) is 25.2 Å². The van der Waals surface area contributed by atoms with E-state index in [1.807, 2.05) is 12.1 Å². The first-order valence-corrected chi connectivity index (χ1v) is 7.06. The third-order valence-electron chi connectivity index (χ3n) is 3.64. The van der Waals surface area contributed by atoms with Crippen LogP contribution in [0, 0.1) is 6.92 Å². The van der Waals surface area contributed by atoms with Crippen LogP contribution in [-0.2, 0) is 0 Å². The molecule has 0 amide bonds. The Balaban J connectivity index is 1.91. The summed E-state index contributed by atoms with van der Waals surface area (Å²) in [5.41, 5.74) is 2.35. The Morgan fingerprint density at radius 1 is 1.33 bits per heavy atom. The van der Waals surface area contributed by atoms with E-state index in [9.17, 15) is 0 Å². The maximum absolute atomic E-state index is 5.50. The van der Waals surface area contributed by atoms with E-state index in [-0.39, 0.29) is 0 Å². The van der Waals surface area contributed by atoms with Crippen LogP contribution in [0.3, 0.4) is 0 Å². The Hall–Kier alpha value is -1.13. The van der Waals surface area contributed by atoms with Gasteiger partial charge in [0.25, 0.3) is 0 Å². The summed E-state index contributed by atoms with van der Waals surface area (Å²) in [5, 5.41) is 4.22. The summed E-state index contributed by atoms with van der Waals surface area (Å²) in [6, 6.07) is 8.27. The number of thiocarbonyl (C=S) groups is 1. The summed E-state index contributed by atoms with van der Waals surface area (Å²) in [5.74, 6) is 0. The number of hydrogen-bond donors (Lipinski definition) is 2. The molecule has 1 saturated heterocycles. The van der Waals surface area contributed by atoms with Crippen LogP contribution in [-0.4, -0.2) is 42.7 Å². The summed E-state index contributed by atoms with van der Waals surface area (Å²) < 4.78 is 0. The van der Waals surface area contributed by atoms with Gasteiger partial charge in [-0.05, 0) is 37.7 Å². The summed E-state index contributed by atoms with van der Waals surface area (Å²) in [6.07, 6.45) is 0. The van der Waals surface area contributed by atoms with E-state index in [1.54, 1.807) is 4.90 Å². The lowest BCUT2D eigenvalue weighted by Gasteiger charge is -2.33. The van der Waals surface area contributed by atoms with Crippen molar-refractivity contribution in [3.63, 3.8) is 0 Å². The molecule has 4 heteroatoms. The first-order valence-electron chi connectivity index (χ1n) is 6.66. The summed E-state index contributed by atoms with van der Waals surface area (Å²) in [4.78, 5) is 3.95. The number of anilines is 1. The highest BCUT2D eigenvalue weighted by molar-refractivity contribution is 7.80. The van der Waals surface area contributed by atoms with Crippen molar-refractivity contribution in [2.45, 2.75) is 13.8 Å². The van der Waals surface area contributed by atoms with E-state index in [2.05, 4.69) is 36.2 Å². The van der Waals surface area contributed by atoms with Crippen LogP contribution in [0.4, 0.5) is 5.69 Å². The number of aryl methyl sites for hydroxylation is 1. The Labute approximate surface area is 115 Å². The molecule has 3 nitrogen and oxygen atoms in total. The van der Waals surface area contributed by atoms with Gasteiger partial charge in [0.05, 0.1) is 32.7 Å². The van der Waals surface area contributed by atoms with Crippen molar-refractivity contribution in [1.29, 1.82) is 0 Å². The molecule has 1 aromatic carbocycles. The fraction of sp³-hybridized carbons (Fsp3) is 0.500. The van der Waals surface area contributed by atoms with Gasteiger partial charge < -0.3 is 15.1 Å². The predicted molar refractivity (Wildman–Crippen MR) is 80.2 cm³/mol. The second-order valence-electron chi connectivity index (χ2n) is 4.84. The van der Waals surface area contributed by atoms with Gasteiger partial charge in [-0.15, -0.1) is 0 Å². The molecule has 1 aliphatic rings. The number of hydrogen-bond acceptors (Lipinski definition) is 1. The Kier molecular flexibility index (Phi) is 4.55. The SMILES string of the molecule is CC[NH+]1CCN(C(=S)Nc2ccccc2C)CC1. The monoisotopic (exact) mass is 264 g/mol. The van der Waals surface area contributed by atoms with Gasteiger partial charge in [-0.1, -0.05) is 18.2 Å². The highest BCUT2D eigenvalue weighted by Gasteiger charge is 2.20. The van der Waals surface area contributed by atoms with E-state index in [0.717, 1.165) is 23.9 Å². The standard InChI is InChI=1S/C14H21N3S/c1-3-16-8-10-17(11-9-16)14(18)15-13-7-5-4-6-12(13)2/h4-7H,3,8-11H2,1-2H3,(H,15,18)/p+1. The normalized spacial score (nSPS) is 16.7. The maximum atomic E-state index is 5.50. The number of quaternary nitrogens is 1. The molecule has 0 atom stereocenters. The Bertz CT molecular complexity index is 411. The molecule has 0 spiro atoms. The Morgan fingerprint density at radius 3 is 2.61 bits per heavy atom. The second-order valence-corrected chi connectivity index (χ2v) is 5.22. The zero-order valence-corrected chi connectivity index (χ0v) is 12.0. The van der Waals surface area contributed by atoms with Gasteiger partial charge in [-0.2, -0.15) is 0 Å². The summed E-state index contributed by atoms with van der Waals surface area (Å²) in [7, 11) is 0. The van der Waals surface area contributed by atoms with Crippen molar-refractivity contribution in [1.82, 2.24) is 4.90 Å². The van der Waals surface area contributed by atoms with Gasteiger partial charge in [0.1, 0.15) is 0 Å². The lowest BCUT2D eigenvalue weighted by Crippen LogP contribution is -3.14. The lowest BCUT2D eigenvalue weighted by atomic mass is 10.2. The van der Waals surface area contributed by atoms with E-state index in [4.69, 9.17) is 12.2 Å². The highest BCUT2D eigenvalue weighted by Crippen LogP contribution is 2.13. The van der Waals surface area contributed by atoms with Crippen molar-refractivity contribution >= 4 is 23.0 Å². The van der Waals surface area contributed by atoms with E-state index >= 15 is 0 Å². The zero-order chi connectivity index (χ0) is 13.0. The molecule has 98 valence electrons. The van der Waals surface area contributed by atoms with Crippen molar-refractivity contribution < 1.29 is 4.90 Å². The minimum Gasteiger partial charge on any atom is -0.338 e. The molecule has 1 aromatic rings. The molecular formula is C14H22N3S+. The molecular weight excluding hydrogens is 242 g/mol. The number of benzene rings is 1. The van der Waals surface area contributed by atoms with Crippen molar-refractivity contribution in [3.8, 4) is 0 Å². The van der Waals surface area contributed by atoms with E-state index < -0.39 is 0 Å². The average molecular weight is 264 g/mol. The van der Waals surface area contributed by atoms with Crippen LogP contribution in [0.2, 0.25) is 0 Å². The topological polar surface area (TPSA) is 19.7 Å². The molecule has 2 N–H and O–H groups in total. The number of rotatable bonds is 2. The third-order valence-corrected chi connectivity index (χ3v) is 4.00. The average Bonchev–Trinajstić information content (AvgIpc) is 2.41. The smallest absolute Gasteiger partial charge is 0.173 e. The van der Waals surface area contributed by atoms with Gasteiger partial charge >= 0.3 is 0 Å². The fourth-order valence-electron chi connectivity index (χ4n) is 2.29. The van der Waals surface area contributed by atoms with Gasteiger partial charge in [-0.3, -0.25) is 0 Å². The summed E-state index contributed by atoms with van der Waals surface area (Å²) >= 11 is 5.50. The van der Waals surface area contributed by atoms with Crippen LogP contribution < -0.4 is 10.2 Å². The number of para-hydroxylation sites is 1. The molecule has 0 bridgehead atoms. The minimum atomic E-state index is 0.861. The molecule has 0 saturated carbocycles. The largest absolute Gasteiger partial charge is 0.338 e. The van der Waals surface area contributed by atoms with Crippen LogP contribution in [0.15, 0.2) is 24.3 Å². The molecule has 0 aromatic heterocycles. The van der Waals surface area contributed by atoms with Gasteiger partial charge in [0, 0.05) is 5.69 Å². The maximum Gasteiger partial charge on any atom is 0.173 e. The number of piperazine rings is 1. The van der Waals surface area contributed by atoms with Crippen molar-refractivity contribution in [3.05, 3.63) is 29.8 Å². The third kappa shape index (κ3) is 3.21. The molecule has 1 aliphatic heterocycles. The lowest BCUT2D eigenvalue weighted by molar-refractivity contribution is -0.902. The van der Waals surface area contributed by atoms with Gasteiger partial charge in [0.2, 0.25) is 0 Å². The highest BCUT2D eigenvalue weighted by atomic mass is 32.1. The Morgan fingerprint density at radius 2 is 2.00 bits per heavy atom. The zero-order valence-electron chi connectivity index (χ0n) is 11.2. The summed E-state index contributed by atoms with van der Waals surface area (Å²) in [6.45, 7) is 10.0. The van der Waals surface area contributed by atoms with Gasteiger partial charge in [-0.25, -0.2) is 0 Å². The van der Waals surface area contributed by atoms with Crippen LogP contribution >= 0.6 is 12.2 Å². The molecule has 1 heterocycles. The van der Waals surface area contributed by atoms with Crippen molar-refractivity contribution in [2.75, 3.05) is 38.0 Å². The minimum absolute atomic E-state index is 0.861. The van der Waals surface area contributed by atoms with E-state index in [0.29, 0.717) is 0 Å². The predicted octanol–water partition coefficient (Wildman–Crippen LogP) is 0.912. The van der Waals surface area contributed by atoms with Crippen molar-refractivity contribution in [2.24, 2.45) is 0 Å². The second kappa shape index (κ2) is 6.16. The first-order chi connectivity index (χ1) is 8.70. The quantitative estimate of drug-likeness (QED) is 0.775. The van der Waals surface area contributed by atoms with Gasteiger partial charge in [0.15, 0.2) is 5.11 Å². The molecule has 0 radical (unpaired) electrons. The molecule has 0 unspecified atom stereocenters. The fourth-order valence-corrected chi connectivity index (χ4v) is 2.58. The van der Waals surface area contributed by atoms with Crippen LogP contribution in [0.5, 0.6) is 0 Å².